The summed E-state index contributed by atoms with van der Waals surface area (Å²) in [6.07, 6.45) is 1.55. The van der Waals surface area contributed by atoms with E-state index >= 15 is 0 Å². The van der Waals surface area contributed by atoms with Gasteiger partial charge in [0.15, 0.2) is 0 Å². The summed E-state index contributed by atoms with van der Waals surface area (Å²) in [5, 5.41) is -0.656. The number of rotatable bonds is 6. The first kappa shape index (κ1) is 26.5. The average molecular weight is 504 g/mol. The Morgan fingerprint density at radius 3 is 2.37 bits per heavy atom. The van der Waals surface area contributed by atoms with E-state index in [1.165, 1.54) is 17.6 Å². The van der Waals surface area contributed by atoms with Crippen molar-refractivity contribution in [3.63, 3.8) is 0 Å². The van der Waals surface area contributed by atoms with Crippen LogP contribution in [0.5, 0.6) is 0 Å². The second-order valence-electron chi connectivity index (χ2n) is 9.59. The van der Waals surface area contributed by atoms with Gasteiger partial charge >= 0.3 is 12.1 Å². The van der Waals surface area contributed by atoms with E-state index in [1.807, 2.05) is 25.1 Å². The summed E-state index contributed by atoms with van der Waals surface area (Å²) in [5.41, 5.74) is 1.64. The Hall–Kier alpha value is -3.14. The largest absolute Gasteiger partial charge is 0.465 e. The summed E-state index contributed by atoms with van der Waals surface area (Å²) in [7, 11) is -2.50. The first-order valence-electron chi connectivity index (χ1n) is 11.5. The Morgan fingerprint density at radius 2 is 1.83 bits per heavy atom. The molecule has 0 bridgehead atoms. The Balaban J connectivity index is 1.82. The van der Waals surface area contributed by atoms with Gasteiger partial charge in [-0.2, -0.15) is 0 Å². The molecule has 9 nitrogen and oxygen atoms in total. The van der Waals surface area contributed by atoms with E-state index < -0.39 is 32.9 Å². The zero-order chi connectivity index (χ0) is 25.8. The summed E-state index contributed by atoms with van der Waals surface area (Å²) in [5.74, 6) is -0.510. The molecule has 0 atom stereocenters. The number of hydrogen-bond donors (Lipinski definition) is 0. The summed E-state index contributed by atoms with van der Waals surface area (Å²) >= 11 is 0. The van der Waals surface area contributed by atoms with E-state index in [4.69, 9.17) is 9.47 Å². The maximum absolute atomic E-state index is 13.8. The maximum atomic E-state index is 13.8. The number of amides is 1. The van der Waals surface area contributed by atoms with E-state index in [9.17, 15) is 18.0 Å². The van der Waals surface area contributed by atoms with Crippen molar-refractivity contribution in [1.82, 2.24) is 9.88 Å². The van der Waals surface area contributed by atoms with E-state index in [-0.39, 0.29) is 12.1 Å². The molecule has 1 aromatic heterocycles. The van der Waals surface area contributed by atoms with Gasteiger partial charge in [0.2, 0.25) is 10.0 Å². The molecule has 1 aromatic carbocycles. The number of benzene rings is 1. The van der Waals surface area contributed by atoms with Gasteiger partial charge in [0, 0.05) is 19.3 Å². The SMILES string of the molecule is COC(=O)c1ccc(CN(c2cccc(C)c2)S(=O)(=O)C2CCN(C(=O)OC(C)(C)C)CC2)nc1. The monoisotopic (exact) mass is 503 g/mol. The Morgan fingerprint density at radius 1 is 1.14 bits per heavy atom. The number of carbonyl (C=O) groups excluding carboxylic acids is 2. The van der Waals surface area contributed by atoms with Gasteiger partial charge in [-0.3, -0.25) is 9.29 Å². The molecule has 3 rings (SSSR count). The number of methoxy groups -OCH3 is 1. The van der Waals surface area contributed by atoms with Gasteiger partial charge in [0.1, 0.15) is 5.60 Å². The molecule has 1 aliphatic heterocycles. The lowest BCUT2D eigenvalue weighted by molar-refractivity contribution is 0.0217. The highest BCUT2D eigenvalue weighted by Crippen LogP contribution is 2.29. The molecule has 35 heavy (non-hydrogen) atoms. The first-order valence-corrected chi connectivity index (χ1v) is 13.0. The summed E-state index contributed by atoms with van der Waals surface area (Å²) in [6, 6.07) is 10.5. The smallest absolute Gasteiger partial charge is 0.410 e. The van der Waals surface area contributed by atoms with Crippen molar-refractivity contribution in [2.45, 2.75) is 57.9 Å². The second-order valence-corrected chi connectivity index (χ2v) is 11.7. The predicted molar refractivity (Wildman–Crippen MR) is 133 cm³/mol. The van der Waals surface area contributed by atoms with Crippen LogP contribution in [0.25, 0.3) is 0 Å². The standard InChI is InChI=1S/C25H33N3O6S/c1-18-7-6-8-21(15-18)28(17-20-10-9-19(16-26-20)23(29)33-5)35(31,32)22-11-13-27(14-12-22)24(30)34-25(2,3)4/h6-10,15-16,22H,11-14,17H2,1-5H3. The molecule has 1 aliphatic rings. The molecular weight excluding hydrogens is 470 g/mol. The van der Waals surface area contributed by atoms with Crippen LogP contribution in [0, 0.1) is 6.92 Å². The summed E-state index contributed by atoms with van der Waals surface area (Å²) in [6.45, 7) is 7.91. The zero-order valence-corrected chi connectivity index (χ0v) is 21.7. The van der Waals surface area contributed by atoms with Crippen LogP contribution in [0.1, 0.15) is 55.2 Å². The topological polar surface area (TPSA) is 106 Å². The fourth-order valence-electron chi connectivity index (χ4n) is 3.86. The predicted octanol–water partition coefficient (Wildman–Crippen LogP) is 3.91. The van der Waals surface area contributed by atoms with Crippen molar-refractivity contribution in [2.24, 2.45) is 0 Å². The molecule has 2 heterocycles. The lowest BCUT2D eigenvalue weighted by atomic mass is 10.1. The van der Waals surface area contributed by atoms with Gasteiger partial charge < -0.3 is 14.4 Å². The van der Waals surface area contributed by atoms with Crippen LogP contribution >= 0.6 is 0 Å². The normalized spacial score (nSPS) is 14.9. The van der Waals surface area contributed by atoms with E-state index in [1.54, 1.807) is 43.9 Å². The third-order valence-corrected chi connectivity index (χ3v) is 7.93. The number of likely N-dealkylation sites (tertiary alicyclic amines) is 1. The van der Waals surface area contributed by atoms with Crippen molar-refractivity contribution in [3.05, 3.63) is 59.4 Å². The number of ether oxygens (including phenoxy) is 2. The fourth-order valence-corrected chi connectivity index (χ4v) is 5.74. The van der Waals surface area contributed by atoms with Gasteiger partial charge in [-0.05, 0) is 70.4 Å². The van der Waals surface area contributed by atoms with Crippen molar-refractivity contribution in [3.8, 4) is 0 Å². The van der Waals surface area contributed by atoms with Crippen LogP contribution in [-0.2, 0) is 26.0 Å². The number of hydrogen-bond acceptors (Lipinski definition) is 7. The number of carbonyl (C=O) groups is 2. The maximum Gasteiger partial charge on any atom is 0.410 e. The number of pyridine rings is 1. The lowest BCUT2D eigenvalue weighted by Gasteiger charge is -2.36. The minimum Gasteiger partial charge on any atom is -0.465 e. The van der Waals surface area contributed by atoms with Crippen molar-refractivity contribution in [1.29, 1.82) is 0 Å². The quantitative estimate of drug-likeness (QED) is 0.550. The van der Waals surface area contributed by atoms with Gasteiger partial charge in [-0.1, -0.05) is 12.1 Å². The van der Waals surface area contributed by atoms with Gasteiger partial charge in [0.25, 0.3) is 0 Å². The molecule has 190 valence electrons. The highest BCUT2D eigenvalue weighted by atomic mass is 32.2. The highest BCUT2D eigenvalue weighted by molar-refractivity contribution is 7.93. The third-order valence-electron chi connectivity index (χ3n) is 5.66. The third kappa shape index (κ3) is 6.72. The van der Waals surface area contributed by atoms with E-state index in [2.05, 4.69) is 4.98 Å². The molecule has 0 radical (unpaired) electrons. The Kier molecular flexibility index (Phi) is 8.04. The second kappa shape index (κ2) is 10.6. The molecule has 0 N–H and O–H groups in total. The highest BCUT2D eigenvalue weighted by Gasteiger charge is 2.37. The van der Waals surface area contributed by atoms with Crippen LogP contribution in [0.3, 0.4) is 0 Å². The molecule has 1 saturated heterocycles. The van der Waals surface area contributed by atoms with E-state index in [0.29, 0.717) is 37.3 Å². The van der Waals surface area contributed by atoms with Crippen LogP contribution in [0.4, 0.5) is 10.5 Å². The number of esters is 1. The molecule has 1 amide bonds. The van der Waals surface area contributed by atoms with Crippen LogP contribution in [0.2, 0.25) is 0 Å². The molecule has 0 unspecified atom stereocenters. The summed E-state index contributed by atoms with van der Waals surface area (Å²) in [4.78, 5) is 30.0. The number of anilines is 1. The average Bonchev–Trinajstić information content (AvgIpc) is 2.81. The van der Waals surface area contributed by atoms with E-state index in [0.717, 1.165) is 5.56 Å². The van der Waals surface area contributed by atoms with Crippen molar-refractivity contribution in [2.75, 3.05) is 24.5 Å². The number of aryl methyl sites for hydroxylation is 1. The number of piperidine rings is 1. The van der Waals surface area contributed by atoms with Crippen molar-refractivity contribution >= 4 is 27.8 Å². The van der Waals surface area contributed by atoms with Gasteiger partial charge in [-0.25, -0.2) is 18.0 Å². The van der Waals surface area contributed by atoms with Crippen LogP contribution in [0.15, 0.2) is 42.6 Å². The minimum absolute atomic E-state index is 0.0134. The van der Waals surface area contributed by atoms with Crippen molar-refractivity contribution < 1.29 is 27.5 Å². The molecule has 1 fully saturated rings. The zero-order valence-electron chi connectivity index (χ0n) is 20.9. The fraction of sp³-hybridized carbons (Fsp3) is 0.480. The number of aromatic nitrogens is 1. The Labute approximate surface area is 207 Å². The van der Waals surface area contributed by atoms with Crippen LogP contribution in [-0.4, -0.2) is 61.4 Å². The molecule has 10 heteroatoms. The first-order chi connectivity index (χ1) is 16.4. The lowest BCUT2D eigenvalue weighted by Crippen LogP contribution is -2.48. The molecular formula is C25H33N3O6S. The minimum atomic E-state index is -3.78. The molecule has 0 spiro atoms. The summed E-state index contributed by atoms with van der Waals surface area (Å²) < 4.78 is 39.1. The Bertz CT molecular complexity index is 1150. The molecule has 0 aliphatic carbocycles. The van der Waals surface area contributed by atoms with Gasteiger partial charge in [0.05, 0.1) is 35.8 Å². The molecule has 0 saturated carbocycles. The molecule has 2 aromatic rings. The van der Waals surface area contributed by atoms with Crippen LogP contribution < -0.4 is 4.31 Å². The number of sulfonamides is 1. The number of nitrogens with zero attached hydrogens (tertiary/aromatic N) is 3. The van der Waals surface area contributed by atoms with Gasteiger partial charge in [-0.15, -0.1) is 0 Å².